The van der Waals surface area contributed by atoms with E-state index in [0.717, 1.165) is 25.0 Å². The Morgan fingerprint density at radius 2 is 2.19 bits per heavy atom. The number of β-amino-alcohol motifs (C(OH)–C–C–N with tert-alkyl or cyclic N) is 1. The molecule has 4 nitrogen and oxygen atoms in total. The average molecular weight is 297 g/mol. The van der Waals surface area contributed by atoms with Gasteiger partial charge >= 0.3 is 0 Å². The van der Waals surface area contributed by atoms with Gasteiger partial charge in [0.15, 0.2) is 0 Å². The van der Waals surface area contributed by atoms with Crippen LogP contribution in [0.4, 0.5) is 8.78 Å². The smallest absolute Gasteiger partial charge is 0.256 e. The SMILES string of the molecule is O=C(c1ccc(F)cc1F)N1CC[C@@]2(CCCO2)[C@@H](O)C1. The number of ether oxygens (including phenoxy) is 1. The molecule has 0 unspecified atom stereocenters. The van der Waals surface area contributed by atoms with Crippen LogP contribution in [0.25, 0.3) is 0 Å². The van der Waals surface area contributed by atoms with Crippen molar-refractivity contribution in [3.8, 4) is 0 Å². The molecule has 3 rings (SSSR count). The van der Waals surface area contributed by atoms with E-state index in [-0.39, 0.29) is 12.1 Å². The van der Waals surface area contributed by atoms with E-state index >= 15 is 0 Å². The van der Waals surface area contributed by atoms with E-state index < -0.39 is 29.2 Å². The highest BCUT2D eigenvalue weighted by molar-refractivity contribution is 5.94. The summed E-state index contributed by atoms with van der Waals surface area (Å²) in [6, 6.07) is 2.88. The topological polar surface area (TPSA) is 49.8 Å². The molecule has 21 heavy (non-hydrogen) atoms. The molecule has 1 N–H and O–H groups in total. The lowest BCUT2D eigenvalue weighted by Gasteiger charge is -2.42. The second-order valence-electron chi connectivity index (χ2n) is 5.66. The van der Waals surface area contributed by atoms with E-state index in [1.807, 2.05) is 0 Å². The second-order valence-corrected chi connectivity index (χ2v) is 5.66. The Morgan fingerprint density at radius 3 is 2.81 bits per heavy atom. The predicted octanol–water partition coefficient (Wildman–Crippen LogP) is 1.72. The van der Waals surface area contributed by atoms with Crippen molar-refractivity contribution in [2.45, 2.75) is 31.0 Å². The van der Waals surface area contributed by atoms with Gasteiger partial charge in [0.05, 0.1) is 11.2 Å². The molecular weight excluding hydrogens is 280 g/mol. The molecule has 0 aliphatic carbocycles. The van der Waals surface area contributed by atoms with Crippen molar-refractivity contribution in [2.24, 2.45) is 0 Å². The number of amides is 1. The zero-order valence-electron chi connectivity index (χ0n) is 11.5. The number of hydrogen-bond donors (Lipinski definition) is 1. The predicted molar refractivity (Wildman–Crippen MR) is 70.8 cm³/mol. The van der Waals surface area contributed by atoms with Gasteiger partial charge in [0.2, 0.25) is 0 Å². The van der Waals surface area contributed by atoms with Crippen molar-refractivity contribution in [1.82, 2.24) is 4.90 Å². The van der Waals surface area contributed by atoms with Gasteiger partial charge in [-0.05, 0) is 31.4 Å². The maximum atomic E-state index is 13.7. The molecule has 2 aliphatic rings. The number of halogens is 2. The van der Waals surface area contributed by atoms with Gasteiger partial charge < -0.3 is 14.7 Å². The number of piperidine rings is 1. The highest BCUT2D eigenvalue weighted by Gasteiger charge is 2.46. The van der Waals surface area contributed by atoms with Gasteiger partial charge in [0.25, 0.3) is 5.91 Å². The van der Waals surface area contributed by atoms with Crippen molar-refractivity contribution in [2.75, 3.05) is 19.7 Å². The summed E-state index contributed by atoms with van der Waals surface area (Å²) in [6.07, 6.45) is 1.43. The quantitative estimate of drug-likeness (QED) is 0.858. The molecule has 2 aliphatic heterocycles. The normalized spacial score (nSPS) is 29.1. The summed E-state index contributed by atoms with van der Waals surface area (Å²) in [7, 11) is 0. The van der Waals surface area contributed by atoms with Gasteiger partial charge in [-0.25, -0.2) is 8.78 Å². The number of rotatable bonds is 1. The Kier molecular flexibility index (Phi) is 3.67. The lowest BCUT2D eigenvalue weighted by molar-refractivity contribution is -0.123. The molecule has 1 spiro atoms. The highest BCUT2D eigenvalue weighted by atomic mass is 19.1. The molecule has 0 radical (unpaired) electrons. The minimum absolute atomic E-state index is 0.107. The van der Waals surface area contributed by atoms with E-state index in [9.17, 15) is 18.7 Å². The van der Waals surface area contributed by atoms with Crippen molar-refractivity contribution < 1.29 is 23.4 Å². The van der Waals surface area contributed by atoms with Crippen LogP contribution >= 0.6 is 0 Å². The summed E-state index contributed by atoms with van der Waals surface area (Å²) in [6.45, 7) is 1.12. The maximum Gasteiger partial charge on any atom is 0.256 e. The Bertz CT molecular complexity index is 558. The number of carbonyl (C=O) groups is 1. The lowest BCUT2D eigenvalue weighted by atomic mass is 9.86. The molecule has 2 heterocycles. The third-order valence-corrected chi connectivity index (χ3v) is 4.39. The van der Waals surface area contributed by atoms with Crippen LogP contribution in [0.5, 0.6) is 0 Å². The van der Waals surface area contributed by atoms with Gasteiger partial charge in [-0.15, -0.1) is 0 Å². The first kappa shape index (κ1) is 14.4. The highest BCUT2D eigenvalue weighted by Crippen LogP contribution is 2.36. The number of aliphatic hydroxyl groups excluding tert-OH is 1. The minimum atomic E-state index is -0.883. The van der Waals surface area contributed by atoms with Crippen molar-refractivity contribution >= 4 is 5.91 Å². The van der Waals surface area contributed by atoms with Gasteiger partial charge in [0, 0.05) is 25.8 Å². The summed E-state index contributed by atoms with van der Waals surface area (Å²) in [5, 5.41) is 10.3. The van der Waals surface area contributed by atoms with Crippen LogP contribution in [0.3, 0.4) is 0 Å². The molecule has 0 bridgehead atoms. The molecule has 1 amide bonds. The molecule has 1 aromatic rings. The number of hydrogen-bond acceptors (Lipinski definition) is 3. The minimum Gasteiger partial charge on any atom is -0.388 e. The molecule has 0 saturated carbocycles. The Labute approximate surface area is 121 Å². The van der Waals surface area contributed by atoms with Crippen LogP contribution in [0.2, 0.25) is 0 Å². The van der Waals surface area contributed by atoms with E-state index in [4.69, 9.17) is 4.74 Å². The first-order chi connectivity index (χ1) is 10.0. The number of likely N-dealkylation sites (tertiary alicyclic amines) is 1. The van der Waals surface area contributed by atoms with Crippen molar-refractivity contribution in [3.05, 3.63) is 35.4 Å². The van der Waals surface area contributed by atoms with Crippen LogP contribution in [-0.2, 0) is 4.74 Å². The van der Waals surface area contributed by atoms with Crippen molar-refractivity contribution in [1.29, 1.82) is 0 Å². The summed E-state index contributed by atoms with van der Waals surface area (Å²) in [5.41, 5.74) is -0.732. The van der Waals surface area contributed by atoms with Crippen molar-refractivity contribution in [3.63, 3.8) is 0 Å². The molecule has 1 aromatic carbocycles. The first-order valence-electron chi connectivity index (χ1n) is 7.08. The Hall–Kier alpha value is -1.53. The zero-order chi connectivity index (χ0) is 15.0. The third kappa shape index (κ3) is 2.53. The van der Waals surface area contributed by atoms with E-state index in [0.29, 0.717) is 25.6 Å². The fourth-order valence-corrected chi connectivity index (χ4v) is 3.15. The van der Waals surface area contributed by atoms with Crippen LogP contribution in [0, 0.1) is 11.6 Å². The van der Waals surface area contributed by atoms with Crippen LogP contribution in [-0.4, -0.2) is 47.3 Å². The van der Waals surface area contributed by atoms with E-state index in [2.05, 4.69) is 0 Å². The fourth-order valence-electron chi connectivity index (χ4n) is 3.15. The van der Waals surface area contributed by atoms with Crippen LogP contribution in [0.1, 0.15) is 29.6 Å². The Balaban J connectivity index is 1.75. The molecule has 0 aromatic heterocycles. The summed E-state index contributed by atoms with van der Waals surface area (Å²) in [5.74, 6) is -2.13. The summed E-state index contributed by atoms with van der Waals surface area (Å²) < 4.78 is 32.2. The molecule has 2 atom stereocenters. The summed E-state index contributed by atoms with van der Waals surface area (Å²) in [4.78, 5) is 13.7. The van der Waals surface area contributed by atoms with Gasteiger partial charge in [0.1, 0.15) is 17.7 Å². The standard InChI is InChI=1S/C15H17F2NO3/c16-10-2-3-11(12(17)8-10)14(20)18-6-5-15(13(19)9-18)4-1-7-21-15/h2-3,8,13,19H,1,4-7,9H2/t13-,15-/m0/s1. The van der Waals surface area contributed by atoms with Gasteiger partial charge in [-0.2, -0.15) is 0 Å². The largest absolute Gasteiger partial charge is 0.388 e. The van der Waals surface area contributed by atoms with Gasteiger partial charge in [-0.1, -0.05) is 0 Å². The monoisotopic (exact) mass is 297 g/mol. The average Bonchev–Trinajstić information content (AvgIpc) is 2.91. The zero-order valence-corrected chi connectivity index (χ0v) is 11.5. The van der Waals surface area contributed by atoms with Gasteiger partial charge in [-0.3, -0.25) is 4.79 Å². The molecule has 2 saturated heterocycles. The Morgan fingerprint density at radius 1 is 1.38 bits per heavy atom. The van der Waals surface area contributed by atoms with Crippen LogP contribution < -0.4 is 0 Å². The molecular formula is C15H17F2NO3. The maximum absolute atomic E-state index is 13.7. The number of carbonyl (C=O) groups excluding carboxylic acids is 1. The van der Waals surface area contributed by atoms with Crippen LogP contribution in [0.15, 0.2) is 18.2 Å². The number of nitrogens with zero attached hydrogens (tertiary/aromatic N) is 1. The lowest BCUT2D eigenvalue weighted by Crippen LogP contribution is -2.56. The third-order valence-electron chi connectivity index (χ3n) is 4.39. The van der Waals surface area contributed by atoms with E-state index in [1.54, 1.807) is 0 Å². The fraction of sp³-hybridized carbons (Fsp3) is 0.533. The molecule has 114 valence electrons. The summed E-state index contributed by atoms with van der Waals surface area (Å²) >= 11 is 0. The first-order valence-corrected chi connectivity index (χ1v) is 7.08. The molecule has 2 fully saturated rings. The molecule has 6 heteroatoms. The number of benzene rings is 1. The number of aliphatic hydroxyl groups is 1. The van der Waals surface area contributed by atoms with E-state index in [1.165, 1.54) is 4.90 Å². The second kappa shape index (κ2) is 5.35.